The number of aliphatic hydroxyl groups excluding tert-OH is 1. The maximum atomic E-state index is 11.6. The van der Waals surface area contributed by atoms with Crippen molar-refractivity contribution in [3.8, 4) is 0 Å². The molecular formula is C27H53NO4. The van der Waals surface area contributed by atoms with E-state index in [1.54, 1.807) is 0 Å². The average Bonchev–Trinajstić information content (AvgIpc) is 2.78. The molecule has 0 aliphatic heterocycles. The van der Waals surface area contributed by atoms with E-state index in [4.69, 9.17) is 10.2 Å². The zero-order valence-electron chi connectivity index (χ0n) is 21.1. The van der Waals surface area contributed by atoms with Crippen LogP contribution in [0, 0.1) is 0 Å². The summed E-state index contributed by atoms with van der Waals surface area (Å²) in [4.78, 5) is 22.4. The Bertz CT molecular complexity index is 428. The van der Waals surface area contributed by atoms with E-state index in [9.17, 15) is 9.59 Å². The molecule has 0 saturated heterocycles. The summed E-state index contributed by atoms with van der Waals surface area (Å²) in [5.41, 5.74) is 0. The molecule has 5 nitrogen and oxygen atoms in total. The lowest BCUT2D eigenvalue weighted by Crippen LogP contribution is -2.43. The predicted molar refractivity (Wildman–Crippen MR) is 134 cm³/mol. The maximum Gasteiger partial charge on any atom is 0.328 e. The smallest absolute Gasteiger partial charge is 0.328 e. The molecule has 0 radical (unpaired) electrons. The number of rotatable bonds is 25. The minimum atomic E-state index is -1.19. The van der Waals surface area contributed by atoms with Crippen LogP contribution in [0.2, 0.25) is 0 Å². The summed E-state index contributed by atoms with van der Waals surface area (Å²) in [7, 11) is 0. The van der Waals surface area contributed by atoms with Gasteiger partial charge in [-0.05, 0) is 6.42 Å². The van der Waals surface area contributed by atoms with Gasteiger partial charge in [-0.3, -0.25) is 4.79 Å². The SMILES string of the molecule is CCCCCCCCCCCCCCCCCCCCCCCC(=O)N[C@@H](CO)C(=O)O. The van der Waals surface area contributed by atoms with Gasteiger partial charge in [0.1, 0.15) is 6.04 Å². The number of hydrogen-bond donors (Lipinski definition) is 3. The maximum absolute atomic E-state index is 11.6. The third-order valence-corrected chi connectivity index (χ3v) is 6.32. The topological polar surface area (TPSA) is 86.6 Å². The first-order valence-electron chi connectivity index (χ1n) is 13.7. The summed E-state index contributed by atoms with van der Waals surface area (Å²) in [5, 5.41) is 20.0. The summed E-state index contributed by atoms with van der Waals surface area (Å²) in [6.45, 7) is 1.71. The predicted octanol–water partition coefficient (Wildman–Crippen LogP) is 7.15. The van der Waals surface area contributed by atoms with Gasteiger partial charge in [-0.15, -0.1) is 0 Å². The lowest BCUT2D eigenvalue weighted by atomic mass is 10.0. The molecule has 5 heteroatoms. The second-order valence-corrected chi connectivity index (χ2v) is 9.46. The fourth-order valence-electron chi connectivity index (χ4n) is 4.17. The van der Waals surface area contributed by atoms with E-state index < -0.39 is 18.6 Å². The van der Waals surface area contributed by atoms with Crippen LogP contribution in [-0.2, 0) is 9.59 Å². The summed E-state index contributed by atoms with van der Waals surface area (Å²) < 4.78 is 0. The van der Waals surface area contributed by atoms with Gasteiger partial charge >= 0.3 is 5.97 Å². The van der Waals surface area contributed by atoms with Crippen molar-refractivity contribution < 1.29 is 19.8 Å². The van der Waals surface area contributed by atoms with Gasteiger partial charge in [0.25, 0.3) is 0 Å². The highest BCUT2D eigenvalue weighted by Gasteiger charge is 2.17. The van der Waals surface area contributed by atoms with Gasteiger partial charge < -0.3 is 15.5 Å². The minimum absolute atomic E-state index is 0.288. The van der Waals surface area contributed by atoms with E-state index in [1.165, 1.54) is 116 Å². The number of carbonyl (C=O) groups excluding carboxylic acids is 1. The Labute approximate surface area is 198 Å². The van der Waals surface area contributed by atoms with E-state index in [1.807, 2.05) is 0 Å². The lowest BCUT2D eigenvalue weighted by molar-refractivity contribution is -0.142. The summed E-state index contributed by atoms with van der Waals surface area (Å²) in [5.74, 6) is -1.48. The van der Waals surface area contributed by atoms with Crippen LogP contribution >= 0.6 is 0 Å². The van der Waals surface area contributed by atoms with E-state index in [0.29, 0.717) is 6.42 Å². The fraction of sp³-hybridized carbons (Fsp3) is 0.926. The molecule has 3 N–H and O–H groups in total. The van der Waals surface area contributed by atoms with Gasteiger partial charge in [0.05, 0.1) is 6.61 Å². The summed E-state index contributed by atoms with van der Waals surface area (Å²) >= 11 is 0. The molecule has 190 valence electrons. The first-order chi connectivity index (χ1) is 15.6. The number of aliphatic hydroxyl groups is 1. The number of carboxylic acids is 1. The monoisotopic (exact) mass is 455 g/mol. The Kier molecular flexibility index (Phi) is 23.7. The van der Waals surface area contributed by atoms with Gasteiger partial charge in [0.15, 0.2) is 0 Å². The van der Waals surface area contributed by atoms with Crippen molar-refractivity contribution >= 4 is 11.9 Å². The van der Waals surface area contributed by atoms with E-state index in [-0.39, 0.29) is 5.91 Å². The van der Waals surface area contributed by atoms with Crippen LogP contribution in [0.4, 0.5) is 0 Å². The molecular weight excluding hydrogens is 402 g/mol. The first kappa shape index (κ1) is 30.9. The summed E-state index contributed by atoms with van der Waals surface area (Å²) in [6.07, 6.45) is 28.2. The number of carbonyl (C=O) groups is 2. The Balaban J connectivity index is 3.19. The lowest BCUT2D eigenvalue weighted by Gasteiger charge is -2.11. The zero-order chi connectivity index (χ0) is 23.7. The zero-order valence-corrected chi connectivity index (χ0v) is 21.1. The molecule has 0 fully saturated rings. The van der Waals surface area contributed by atoms with E-state index in [0.717, 1.165) is 19.3 Å². The Morgan fingerprint density at radius 3 is 1.19 bits per heavy atom. The standard InChI is InChI=1S/C27H53NO4/c1-2-3-4-5-6-7-8-9-10-11-12-13-14-15-16-17-18-19-20-21-22-23-26(30)28-25(24-29)27(31)32/h25,29H,2-24H2,1H3,(H,28,30)(H,31,32)/t25-/m0/s1. The molecule has 0 heterocycles. The van der Waals surface area contributed by atoms with E-state index in [2.05, 4.69) is 12.2 Å². The number of amides is 1. The van der Waals surface area contributed by atoms with Gasteiger partial charge in [0, 0.05) is 6.42 Å². The van der Waals surface area contributed by atoms with E-state index >= 15 is 0 Å². The van der Waals surface area contributed by atoms with Crippen molar-refractivity contribution in [3.05, 3.63) is 0 Å². The molecule has 0 spiro atoms. The van der Waals surface area contributed by atoms with Crippen molar-refractivity contribution in [1.82, 2.24) is 5.32 Å². The van der Waals surface area contributed by atoms with Crippen molar-refractivity contribution in [2.45, 2.75) is 154 Å². The molecule has 1 atom stereocenters. The molecule has 0 aromatic heterocycles. The van der Waals surface area contributed by atoms with Gasteiger partial charge in [0.2, 0.25) is 5.91 Å². The quantitative estimate of drug-likeness (QED) is 0.128. The number of carboxylic acid groups (broad SMARTS) is 1. The molecule has 32 heavy (non-hydrogen) atoms. The van der Waals surface area contributed by atoms with Crippen molar-refractivity contribution in [3.63, 3.8) is 0 Å². The van der Waals surface area contributed by atoms with Gasteiger partial charge in [-0.2, -0.15) is 0 Å². The Hall–Kier alpha value is -1.10. The molecule has 0 aliphatic rings. The first-order valence-corrected chi connectivity index (χ1v) is 13.7. The van der Waals surface area contributed by atoms with Crippen LogP contribution in [0.15, 0.2) is 0 Å². The molecule has 0 bridgehead atoms. The van der Waals surface area contributed by atoms with Crippen LogP contribution in [0.3, 0.4) is 0 Å². The number of aliphatic carboxylic acids is 1. The number of unbranched alkanes of at least 4 members (excludes halogenated alkanes) is 20. The normalized spacial score (nSPS) is 12.1. The second-order valence-electron chi connectivity index (χ2n) is 9.46. The highest BCUT2D eigenvalue weighted by molar-refractivity contribution is 5.83. The van der Waals surface area contributed by atoms with Crippen LogP contribution in [0.1, 0.15) is 148 Å². The van der Waals surface area contributed by atoms with Crippen molar-refractivity contribution in [1.29, 1.82) is 0 Å². The van der Waals surface area contributed by atoms with Gasteiger partial charge in [-0.25, -0.2) is 4.79 Å². The van der Waals surface area contributed by atoms with Crippen LogP contribution in [0.25, 0.3) is 0 Å². The number of nitrogens with one attached hydrogen (secondary N) is 1. The third-order valence-electron chi connectivity index (χ3n) is 6.32. The molecule has 0 aliphatic carbocycles. The molecule has 0 aromatic rings. The molecule has 0 aromatic carbocycles. The second kappa shape index (κ2) is 24.5. The molecule has 1 amide bonds. The fourth-order valence-corrected chi connectivity index (χ4v) is 4.17. The largest absolute Gasteiger partial charge is 0.480 e. The van der Waals surface area contributed by atoms with Crippen LogP contribution in [-0.4, -0.2) is 34.7 Å². The van der Waals surface area contributed by atoms with Gasteiger partial charge in [-0.1, -0.05) is 135 Å². The van der Waals surface area contributed by atoms with Crippen LogP contribution < -0.4 is 5.32 Å². The van der Waals surface area contributed by atoms with Crippen LogP contribution in [0.5, 0.6) is 0 Å². The minimum Gasteiger partial charge on any atom is -0.480 e. The Morgan fingerprint density at radius 1 is 0.594 bits per heavy atom. The van der Waals surface area contributed by atoms with Crippen molar-refractivity contribution in [2.24, 2.45) is 0 Å². The molecule has 0 unspecified atom stereocenters. The molecule has 0 saturated carbocycles. The third kappa shape index (κ3) is 22.1. The average molecular weight is 456 g/mol. The van der Waals surface area contributed by atoms with Crippen molar-refractivity contribution in [2.75, 3.05) is 6.61 Å². The molecule has 0 rings (SSSR count). The number of hydrogen-bond acceptors (Lipinski definition) is 3. The summed E-state index contributed by atoms with van der Waals surface area (Å²) in [6, 6.07) is -1.18. The highest BCUT2D eigenvalue weighted by Crippen LogP contribution is 2.15. The Morgan fingerprint density at radius 2 is 0.906 bits per heavy atom. The highest BCUT2D eigenvalue weighted by atomic mass is 16.4.